The number of aliphatic hydroxyl groups excluding tert-OH is 8. The van der Waals surface area contributed by atoms with Crippen molar-refractivity contribution in [1.82, 2.24) is 5.32 Å². The van der Waals surface area contributed by atoms with Crippen molar-refractivity contribution in [2.24, 2.45) is 0 Å². The molecule has 0 aliphatic carbocycles. The number of rotatable bonds is 75. The molecule has 12 unspecified atom stereocenters. The second kappa shape index (κ2) is 69.1. The number of carbonyl (C=O) groups is 1. The molecule has 98 heavy (non-hydrogen) atoms. The summed E-state index contributed by atoms with van der Waals surface area (Å²) in [7, 11) is 0. The van der Waals surface area contributed by atoms with Gasteiger partial charge in [-0.3, -0.25) is 4.79 Å². The number of nitrogens with one attached hydrogen (secondary N) is 1. The molecule has 0 saturated carbocycles. The van der Waals surface area contributed by atoms with Crippen LogP contribution >= 0.6 is 0 Å². The number of amides is 1. The van der Waals surface area contributed by atoms with Gasteiger partial charge in [-0.15, -0.1) is 0 Å². The fourth-order valence-electron chi connectivity index (χ4n) is 15.0. The van der Waals surface area contributed by atoms with Crippen molar-refractivity contribution in [1.29, 1.82) is 0 Å². The van der Waals surface area contributed by atoms with E-state index in [0.29, 0.717) is 12.8 Å². The Labute approximate surface area is 604 Å². The van der Waals surface area contributed by atoms with Crippen LogP contribution in [0.25, 0.3) is 0 Å². The SMILES string of the molecule is CCCCCCCCCCCCCCCCCCCCCCCCCCCCCCCCCCCC(O)C(COC1OC(CO)C(OC2OC(CO)C(O)C(O)C2O)C(O)C1O)NC(=O)CCCCCCCCCCCCCCCCCCCCCCCCCCCCCCCCC. The van der Waals surface area contributed by atoms with Crippen LogP contribution in [0.15, 0.2) is 0 Å². The maximum Gasteiger partial charge on any atom is 0.220 e. The molecular formula is C84H165NO13. The average Bonchev–Trinajstić information content (AvgIpc) is 0.793. The van der Waals surface area contributed by atoms with Crippen molar-refractivity contribution < 1.29 is 64.6 Å². The Morgan fingerprint density at radius 2 is 0.582 bits per heavy atom. The third-order valence-corrected chi connectivity index (χ3v) is 21.8. The van der Waals surface area contributed by atoms with E-state index in [4.69, 9.17) is 18.9 Å². The Hall–Kier alpha value is -1.01. The maximum atomic E-state index is 13.4. The molecule has 2 rings (SSSR count). The standard InChI is InChI=1S/C84H165NO13/c1-3-5-7-9-11-13-15-17-19-21-23-25-27-29-31-33-35-36-38-39-41-43-45-47-49-51-53-55-57-59-61-63-65-67-73(88)72(71-95-83-81(94)79(92)82(75(70-87)97-83)98-84-80(93)78(91)77(90)74(69-86)96-84)85-76(89)68-66-64-62-60-58-56-54-52-50-48-46-44-42-40-37-34-32-30-28-26-24-22-20-18-16-14-12-10-8-6-4-2/h72-75,77-84,86-88,90-94H,3-71H2,1-2H3,(H,85,89). The fourth-order valence-corrected chi connectivity index (χ4v) is 15.0. The summed E-state index contributed by atoms with van der Waals surface area (Å²) < 4.78 is 23.0. The lowest BCUT2D eigenvalue weighted by Gasteiger charge is -2.46. The van der Waals surface area contributed by atoms with E-state index in [1.54, 1.807) is 0 Å². The van der Waals surface area contributed by atoms with E-state index >= 15 is 0 Å². The molecule has 9 N–H and O–H groups in total. The summed E-state index contributed by atoms with van der Waals surface area (Å²) in [4.78, 5) is 13.4. The van der Waals surface area contributed by atoms with E-state index in [2.05, 4.69) is 19.2 Å². The van der Waals surface area contributed by atoms with E-state index in [-0.39, 0.29) is 12.5 Å². The molecule has 2 aliphatic rings. The molecule has 0 aromatic rings. The molecule has 0 aromatic carbocycles. The largest absolute Gasteiger partial charge is 0.394 e. The molecule has 0 aromatic heterocycles. The molecule has 14 nitrogen and oxygen atoms in total. The molecule has 0 bridgehead atoms. The van der Waals surface area contributed by atoms with Gasteiger partial charge in [0.2, 0.25) is 5.91 Å². The average molecular weight is 1400 g/mol. The molecule has 2 aliphatic heterocycles. The van der Waals surface area contributed by atoms with Gasteiger partial charge in [-0.25, -0.2) is 0 Å². The van der Waals surface area contributed by atoms with Crippen molar-refractivity contribution in [3.05, 3.63) is 0 Å². The van der Waals surface area contributed by atoms with E-state index in [1.807, 2.05) is 0 Å². The molecule has 0 radical (unpaired) electrons. The summed E-state index contributed by atoms with van der Waals surface area (Å²) >= 11 is 0. The Morgan fingerprint density at radius 3 is 0.867 bits per heavy atom. The van der Waals surface area contributed by atoms with Gasteiger partial charge < -0.3 is 65.1 Å². The molecule has 14 heteroatoms. The Balaban J connectivity index is 1.57. The Bertz CT molecular complexity index is 1650. The highest BCUT2D eigenvalue weighted by molar-refractivity contribution is 5.76. The molecule has 12 atom stereocenters. The van der Waals surface area contributed by atoms with Gasteiger partial charge in [-0.1, -0.05) is 418 Å². The number of hydrogen-bond donors (Lipinski definition) is 9. The molecule has 2 fully saturated rings. The molecule has 2 heterocycles. The molecule has 2 saturated heterocycles. The van der Waals surface area contributed by atoms with Gasteiger partial charge in [0.05, 0.1) is 32.0 Å². The smallest absolute Gasteiger partial charge is 0.220 e. The number of aliphatic hydroxyl groups is 8. The second-order valence-corrected chi connectivity index (χ2v) is 31.0. The highest BCUT2D eigenvalue weighted by Crippen LogP contribution is 2.31. The van der Waals surface area contributed by atoms with Crippen molar-refractivity contribution >= 4 is 5.91 Å². The number of hydrogen-bond acceptors (Lipinski definition) is 13. The topological polar surface area (TPSA) is 228 Å². The van der Waals surface area contributed by atoms with Gasteiger partial charge in [-0.2, -0.15) is 0 Å². The summed E-state index contributed by atoms with van der Waals surface area (Å²) in [5.41, 5.74) is 0. The summed E-state index contributed by atoms with van der Waals surface area (Å²) in [5, 5.41) is 88.0. The highest BCUT2D eigenvalue weighted by atomic mass is 16.7. The van der Waals surface area contributed by atoms with Gasteiger partial charge in [0.15, 0.2) is 12.6 Å². The number of unbranched alkanes of at least 4 members (excludes halogenated alkanes) is 62. The lowest BCUT2D eigenvalue weighted by molar-refractivity contribution is -0.359. The van der Waals surface area contributed by atoms with Crippen molar-refractivity contribution in [2.45, 2.75) is 511 Å². The van der Waals surface area contributed by atoms with Gasteiger partial charge in [-0.05, 0) is 12.8 Å². The summed E-state index contributed by atoms with van der Waals surface area (Å²) in [6, 6.07) is -0.826. The number of carbonyl (C=O) groups excluding carboxylic acids is 1. The predicted molar refractivity (Wildman–Crippen MR) is 406 cm³/mol. The van der Waals surface area contributed by atoms with Crippen LogP contribution in [0.4, 0.5) is 0 Å². The Morgan fingerprint density at radius 1 is 0.327 bits per heavy atom. The first-order chi connectivity index (χ1) is 48.1. The first-order valence-electron chi connectivity index (χ1n) is 43.3. The van der Waals surface area contributed by atoms with Crippen LogP contribution in [0, 0.1) is 0 Å². The summed E-state index contributed by atoms with van der Waals surface area (Å²) in [6.07, 6.45) is 70.3. The minimum Gasteiger partial charge on any atom is -0.394 e. The summed E-state index contributed by atoms with van der Waals surface area (Å²) in [6.45, 7) is 2.96. The van der Waals surface area contributed by atoms with Crippen LogP contribution in [-0.4, -0.2) is 140 Å². The zero-order chi connectivity index (χ0) is 70.8. The number of ether oxygens (including phenoxy) is 4. The van der Waals surface area contributed by atoms with Crippen LogP contribution in [-0.2, 0) is 23.7 Å². The molecule has 1 amide bonds. The fraction of sp³-hybridized carbons (Fsp3) is 0.988. The first-order valence-corrected chi connectivity index (χ1v) is 43.3. The Kier molecular flexibility index (Phi) is 65.6. The monoisotopic (exact) mass is 1400 g/mol. The zero-order valence-electron chi connectivity index (χ0n) is 64.3. The van der Waals surface area contributed by atoms with E-state index in [9.17, 15) is 45.6 Å². The van der Waals surface area contributed by atoms with Gasteiger partial charge in [0, 0.05) is 6.42 Å². The van der Waals surface area contributed by atoms with Crippen LogP contribution in [0.5, 0.6) is 0 Å². The maximum absolute atomic E-state index is 13.4. The van der Waals surface area contributed by atoms with E-state index in [0.717, 1.165) is 51.4 Å². The van der Waals surface area contributed by atoms with Crippen LogP contribution < -0.4 is 5.32 Å². The van der Waals surface area contributed by atoms with Gasteiger partial charge in [0.25, 0.3) is 0 Å². The highest BCUT2D eigenvalue weighted by Gasteiger charge is 2.51. The summed E-state index contributed by atoms with van der Waals surface area (Å²) in [5.74, 6) is -0.194. The van der Waals surface area contributed by atoms with Crippen LogP contribution in [0.1, 0.15) is 438 Å². The zero-order valence-corrected chi connectivity index (χ0v) is 64.3. The van der Waals surface area contributed by atoms with E-state index < -0.39 is 86.8 Å². The molecule has 0 spiro atoms. The lowest BCUT2D eigenvalue weighted by atomic mass is 9.97. The first kappa shape index (κ1) is 93.1. The van der Waals surface area contributed by atoms with Crippen molar-refractivity contribution in [2.75, 3.05) is 19.8 Å². The van der Waals surface area contributed by atoms with Gasteiger partial charge >= 0.3 is 0 Å². The van der Waals surface area contributed by atoms with Crippen LogP contribution in [0.3, 0.4) is 0 Å². The molecule has 584 valence electrons. The minimum atomic E-state index is -1.78. The third-order valence-electron chi connectivity index (χ3n) is 21.8. The predicted octanol–water partition coefficient (Wildman–Crippen LogP) is 20.3. The quantitative estimate of drug-likeness (QED) is 0.0259. The normalized spacial score (nSPS) is 21.9. The van der Waals surface area contributed by atoms with Crippen molar-refractivity contribution in [3.8, 4) is 0 Å². The van der Waals surface area contributed by atoms with Crippen molar-refractivity contribution in [3.63, 3.8) is 0 Å². The third kappa shape index (κ3) is 51.2. The minimum absolute atomic E-state index is 0.194. The second-order valence-electron chi connectivity index (χ2n) is 31.0. The van der Waals surface area contributed by atoms with E-state index in [1.165, 1.54) is 360 Å². The van der Waals surface area contributed by atoms with Gasteiger partial charge in [0.1, 0.15) is 48.8 Å². The molecular weight excluding hydrogens is 1230 g/mol. The van der Waals surface area contributed by atoms with Crippen LogP contribution in [0.2, 0.25) is 0 Å². The lowest BCUT2D eigenvalue weighted by Crippen LogP contribution is -2.65.